The van der Waals surface area contributed by atoms with Crippen molar-refractivity contribution in [2.24, 2.45) is 0 Å². The number of aryl methyl sites for hydroxylation is 1. The van der Waals surface area contributed by atoms with Gasteiger partial charge in [0, 0.05) is 35.9 Å². The van der Waals surface area contributed by atoms with Crippen molar-refractivity contribution in [2.45, 2.75) is 27.3 Å². The van der Waals surface area contributed by atoms with Gasteiger partial charge in [-0.25, -0.2) is 9.18 Å². The molecule has 1 heterocycles. The Morgan fingerprint density at radius 1 is 1.25 bits per heavy atom. The minimum Gasteiger partial charge on any atom is -0.460 e. The van der Waals surface area contributed by atoms with E-state index < -0.39 is 5.97 Å². The van der Waals surface area contributed by atoms with Gasteiger partial charge in [-0.05, 0) is 44.5 Å². The molecule has 1 aromatic carbocycles. The van der Waals surface area contributed by atoms with Crippen LogP contribution in [-0.2, 0) is 16.0 Å². The summed E-state index contributed by atoms with van der Waals surface area (Å²) in [4.78, 5) is 29.9. The molecule has 28 heavy (non-hydrogen) atoms. The van der Waals surface area contributed by atoms with Gasteiger partial charge in [0.2, 0.25) is 0 Å². The number of esters is 1. The number of amides is 1. The number of nitrogens with one attached hydrogen (secondary N) is 1. The standard InChI is InChI=1S/C20H24BrFN2O4/c1-5-24(11-14-10-15(21)6-7-16(14)22)19(25)18-12(2)17(13(3)23-18)20(26)28-9-8-27-4/h6-7,10,23H,5,8-9,11H2,1-4H3. The molecule has 0 aliphatic carbocycles. The first-order valence-corrected chi connectivity index (χ1v) is 9.67. The maximum Gasteiger partial charge on any atom is 0.340 e. The van der Waals surface area contributed by atoms with E-state index in [1.54, 1.807) is 26.0 Å². The van der Waals surface area contributed by atoms with Crippen molar-refractivity contribution in [1.82, 2.24) is 9.88 Å². The van der Waals surface area contributed by atoms with Crippen LogP contribution in [0.25, 0.3) is 0 Å². The first-order chi connectivity index (χ1) is 13.3. The van der Waals surface area contributed by atoms with Crippen molar-refractivity contribution < 1.29 is 23.5 Å². The molecule has 0 aliphatic rings. The van der Waals surface area contributed by atoms with E-state index in [4.69, 9.17) is 9.47 Å². The number of halogens is 2. The maximum absolute atomic E-state index is 14.1. The van der Waals surface area contributed by atoms with E-state index in [0.717, 1.165) is 4.47 Å². The molecule has 6 nitrogen and oxygen atoms in total. The number of hydrogen-bond donors (Lipinski definition) is 1. The van der Waals surface area contributed by atoms with Crippen molar-refractivity contribution in [3.8, 4) is 0 Å². The second kappa shape index (κ2) is 9.84. The molecule has 2 aromatic rings. The SMILES string of the molecule is CCN(Cc1cc(Br)ccc1F)C(=O)c1[nH]c(C)c(C(=O)OCCOC)c1C. The third-order valence-corrected chi connectivity index (χ3v) is 4.91. The van der Waals surface area contributed by atoms with E-state index >= 15 is 0 Å². The first kappa shape index (κ1) is 22.1. The van der Waals surface area contributed by atoms with Gasteiger partial charge in [0.15, 0.2) is 0 Å². The summed E-state index contributed by atoms with van der Waals surface area (Å²) >= 11 is 3.32. The Kier molecular flexibility index (Phi) is 7.77. The van der Waals surface area contributed by atoms with Gasteiger partial charge in [-0.3, -0.25) is 4.79 Å². The third kappa shape index (κ3) is 4.99. The molecule has 1 N–H and O–H groups in total. The van der Waals surface area contributed by atoms with E-state index in [9.17, 15) is 14.0 Å². The molecule has 0 spiro atoms. The highest BCUT2D eigenvalue weighted by Gasteiger charge is 2.26. The monoisotopic (exact) mass is 454 g/mol. The van der Waals surface area contributed by atoms with Crippen LogP contribution in [0.4, 0.5) is 4.39 Å². The molecule has 1 aromatic heterocycles. The summed E-state index contributed by atoms with van der Waals surface area (Å²) in [7, 11) is 1.52. The van der Waals surface area contributed by atoms with Gasteiger partial charge < -0.3 is 19.4 Å². The normalized spacial score (nSPS) is 10.8. The number of carbonyl (C=O) groups is 2. The minimum atomic E-state index is -0.511. The summed E-state index contributed by atoms with van der Waals surface area (Å²) in [5, 5.41) is 0. The Hall–Kier alpha value is -2.19. The zero-order valence-corrected chi connectivity index (χ0v) is 18.0. The van der Waals surface area contributed by atoms with Gasteiger partial charge in [0.25, 0.3) is 5.91 Å². The Labute approximate surface area is 172 Å². The smallest absolute Gasteiger partial charge is 0.340 e. The highest BCUT2D eigenvalue weighted by molar-refractivity contribution is 9.10. The van der Waals surface area contributed by atoms with Crippen LogP contribution >= 0.6 is 15.9 Å². The van der Waals surface area contributed by atoms with Crippen LogP contribution in [0.1, 0.15) is 44.6 Å². The summed E-state index contributed by atoms with van der Waals surface area (Å²) in [6, 6.07) is 4.61. The number of nitrogens with zero attached hydrogens (tertiary/aromatic N) is 1. The van der Waals surface area contributed by atoms with Crippen LogP contribution in [0.2, 0.25) is 0 Å². The Morgan fingerprint density at radius 2 is 1.96 bits per heavy atom. The molecule has 0 bridgehead atoms. The lowest BCUT2D eigenvalue weighted by Gasteiger charge is -2.21. The van der Waals surface area contributed by atoms with Gasteiger partial charge in [-0.1, -0.05) is 15.9 Å². The maximum atomic E-state index is 14.1. The van der Waals surface area contributed by atoms with E-state index in [1.807, 2.05) is 6.92 Å². The van der Waals surface area contributed by atoms with Crippen LogP contribution in [-0.4, -0.2) is 48.6 Å². The average molecular weight is 455 g/mol. The number of H-pyrrole nitrogens is 1. The molecule has 0 saturated carbocycles. The van der Waals surface area contributed by atoms with Crippen LogP contribution in [0, 0.1) is 19.7 Å². The number of hydrogen-bond acceptors (Lipinski definition) is 4. The Bertz CT molecular complexity index is 866. The number of benzene rings is 1. The van der Waals surface area contributed by atoms with Gasteiger partial charge in [-0.2, -0.15) is 0 Å². The first-order valence-electron chi connectivity index (χ1n) is 8.88. The molecule has 2 rings (SSSR count). The Balaban J connectivity index is 2.25. The zero-order chi connectivity index (χ0) is 20.8. The molecule has 0 atom stereocenters. The minimum absolute atomic E-state index is 0.117. The van der Waals surface area contributed by atoms with E-state index in [1.165, 1.54) is 18.1 Å². The average Bonchev–Trinajstić information content (AvgIpc) is 2.96. The number of methoxy groups -OCH3 is 1. The molecular weight excluding hydrogens is 431 g/mol. The molecule has 0 saturated heterocycles. The molecule has 0 fully saturated rings. The highest BCUT2D eigenvalue weighted by atomic mass is 79.9. The van der Waals surface area contributed by atoms with Crippen LogP contribution in [0.15, 0.2) is 22.7 Å². The number of aromatic nitrogens is 1. The van der Waals surface area contributed by atoms with E-state index in [0.29, 0.717) is 41.2 Å². The summed E-state index contributed by atoms with van der Waals surface area (Å²) in [6.07, 6.45) is 0. The van der Waals surface area contributed by atoms with Crippen LogP contribution in [0.3, 0.4) is 0 Å². The number of carbonyl (C=O) groups excluding carboxylic acids is 2. The lowest BCUT2D eigenvalue weighted by atomic mass is 10.1. The molecule has 1 amide bonds. The third-order valence-electron chi connectivity index (χ3n) is 4.41. The number of rotatable bonds is 8. The van der Waals surface area contributed by atoms with Crippen molar-refractivity contribution in [3.63, 3.8) is 0 Å². The fourth-order valence-electron chi connectivity index (χ4n) is 2.92. The van der Waals surface area contributed by atoms with Crippen molar-refractivity contribution in [2.75, 3.05) is 26.9 Å². The van der Waals surface area contributed by atoms with E-state index in [2.05, 4.69) is 20.9 Å². The van der Waals surface area contributed by atoms with Crippen molar-refractivity contribution >= 4 is 27.8 Å². The predicted octanol–water partition coefficient (Wildman–Crippen LogP) is 4.00. The second-order valence-electron chi connectivity index (χ2n) is 6.31. The molecule has 0 unspecified atom stereocenters. The van der Waals surface area contributed by atoms with Gasteiger partial charge in [0.1, 0.15) is 18.1 Å². The highest BCUT2D eigenvalue weighted by Crippen LogP contribution is 2.22. The number of aromatic amines is 1. The lowest BCUT2D eigenvalue weighted by Crippen LogP contribution is -2.31. The van der Waals surface area contributed by atoms with Gasteiger partial charge >= 0.3 is 5.97 Å². The predicted molar refractivity (Wildman–Crippen MR) is 107 cm³/mol. The second-order valence-corrected chi connectivity index (χ2v) is 7.22. The molecule has 0 radical (unpaired) electrons. The fraction of sp³-hybridized carbons (Fsp3) is 0.400. The summed E-state index contributed by atoms with van der Waals surface area (Å²) in [5.74, 6) is -1.20. The molecule has 152 valence electrons. The van der Waals surface area contributed by atoms with E-state index in [-0.39, 0.29) is 24.9 Å². The topological polar surface area (TPSA) is 71.6 Å². The quantitative estimate of drug-likeness (QED) is 0.483. The zero-order valence-electron chi connectivity index (χ0n) is 16.4. The van der Waals surface area contributed by atoms with Crippen molar-refractivity contribution in [3.05, 3.63) is 56.6 Å². The lowest BCUT2D eigenvalue weighted by molar-refractivity contribution is 0.0387. The largest absolute Gasteiger partial charge is 0.460 e. The van der Waals surface area contributed by atoms with Crippen LogP contribution in [0.5, 0.6) is 0 Å². The van der Waals surface area contributed by atoms with Gasteiger partial charge in [0.05, 0.1) is 12.2 Å². The van der Waals surface area contributed by atoms with Crippen LogP contribution < -0.4 is 0 Å². The molecule has 8 heteroatoms. The summed E-state index contributed by atoms with van der Waals surface area (Å²) in [5.41, 5.74) is 2.10. The van der Waals surface area contributed by atoms with Crippen molar-refractivity contribution in [1.29, 1.82) is 0 Å². The summed E-state index contributed by atoms with van der Waals surface area (Å²) < 4.78 is 24.9. The Morgan fingerprint density at radius 3 is 2.61 bits per heavy atom. The molecule has 0 aliphatic heterocycles. The summed E-state index contributed by atoms with van der Waals surface area (Å²) in [6.45, 7) is 6.15. The number of ether oxygens (including phenoxy) is 2. The fourth-order valence-corrected chi connectivity index (χ4v) is 3.32. The van der Waals surface area contributed by atoms with Gasteiger partial charge in [-0.15, -0.1) is 0 Å². The molecular formula is C20H24BrFN2O4.